The summed E-state index contributed by atoms with van der Waals surface area (Å²) in [4.78, 5) is 36.6. The van der Waals surface area contributed by atoms with Crippen LogP contribution < -0.4 is 20.2 Å². The smallest absolute Gasteiger partial charge is 0.345 e. The number of nitrogens with one attached hydrogen (secondary N) is 2. The molecule has 0 spiro atoms. The molecule has 11 heteroatoms. The first-order chi connectivity index (χ1) is 16.8. The van der Waals surface area contributed by atoms with Gasteiger partial charge in [-0.25, -0.2) is 10.2 Å². The van der Waals surface area contributed by atoms with Crippen LogP contribution >= 0.6 is 45.8 Å². The molecule has 0 heterocycles. The molecule has 0 saturated carbocycles. The predicted molar refractivity (Wildman–Crippen MR) is 142 cm³/mol. The molecule has 0 aromatic heterocycles. The molecule has 0 aliphatic heterocycles. The van der Waals surface area contributed by atoms with Crippen molar-refractivity contribution in [2.75, 3.05) is 13.7 Å². The number of ether oxygens (including phenoxy) is 2. The molecule has 3 aromatic rings. The Morgan fingerprint density at radius 2 is 1.77 bits per heavy atom. The van der Waals surface area contributed by atoms with Crippen LogP contribution in [0.2, 0.25) is 10.0 Å². The summed E-state index contributed by atoms with van der Waals surface area (Å²) in [6.45, 7) is -0.243. The first-order valence-corrected chi connectivity index (χ1v) is 11.8. The zero-order valence-electron chi connectivity index (χ0n) is 18.2. The van der Waals surface area contributed by atoms with Crippen LogP contribution in [0.5, 0.6) is 11.5 Å². The van der Waals surface area contributed by atoms with Gasteiger partial charge in [-0.05, 0) is 76.7 Å². The highest BCUT2D eigenvalue weighted by Gasteiger charge is 2.16. The Hall–Kier alpha value is -3.15. The quantitative estimate of drug-likeness (QED) is 0.124. The zero-order chi connectivity index (χ0) is 25.4. The van der Waals surface area contributed by atoms with Crippen LogP contribution in [-0.4, -0.2) is 37.7 Å². The number of carbonyl (C=O) groups is 3. The van der Waals surface area contributed by atoms with E-state index in [1.165, 1.54) is 37.6 Å². The van der Waals surface area contributed by atoms with Gasteiger partial charge in [-0.3, -0.25) is 9.59 Å². The Morgan fingerprint density at radius 3 is 2.49 bits per heavy atom. The molecule has 3 aromatic carbocycles. The van der Waals surface area contributed by atoms with Crippen molar-refractivity contribution >= 4 is 69.8 Å². The fourth-order valence-corrected chi connectivity index (χ4v) is 3.90. The maximum Gasteiger partial charge on any atom is 0.345 e. The molecule has 0 atom stereocenters. The largest absolute Gasteiger partial charge is 0.493 e. The van der Waals surface area contributed by atoms with Crippen molar-refractivity contribution in [3.63, 3.8) is 0 Å². The average Bonchev–Trinajstić information content (AvgIpc) is 2.83. The van der Waals surface area contributed by atoms with Crippen LogP contribution in [0.1, 0.15) is 26.3 Å². The lowest BCUT2D eigenvalue weighted by atomic mass is 10.2. The molecule has 0 aliphatic carbocycles. The van der Waals surface area contributed by atoms with Crippen molar-refractivity contribution in [1.82, 2.24) is 10.7 Å². The minimum atomic E-state index is -0.675. The van der Waals surface area contributed by atoms with Gasteiger partial charge in [0.2, 0.25) is 0 Å². The van der Waals surface area contributed by atoms with Gasteiger partial charge in [-0.1, -0.05) is 35.3 Å². The van der Waals surface area contributed by atoms with E-state index < -0.39 is 11.9 Å². The van der Waals surface area contributed by atoms with Crippen LogP contribution in [0.25, 0.3) is 0 Å². The van der Waals surface area contributed by atoms with Gasteiger partial charge >= 0.3 is 5.97 Å². The molecule has 0 saturated heterocycles. The van der Waals surface area contributed by atoms with Crippen LogP contribution in [0.15, 0.2) is 65.8 Å². The van der Waals surface area contributed by atoms with Crippen LogP contribution in [0.3, 0.4) is 0 Å². The van der Waals surface area contributed by atoms with E-state index in [2.05, 4.69) is 15.8 Å². The van der Waals surface area contributed by atoms with Gasteiger partial charge in [0.1, 0.15) is 0 Å². The molecule has 0 radical (unpaired) electrons. The van der Waals surface area contributed by atoms with Gasteiger partial charge in [0.05, 0.1) is 36.0 Å². The molecular formula is C24H18Cl2IN3O5. The lowest BCUT2D eigenvalue weighted by molar-refractivity contribution is -0.120. The van der Waals surface area contributed by atoms with Crippen molar-refractivity contribution < 1.29 is 23.9 Å². The van der Waals surface area contributed by atoms with Crippen molar-refractivity contribution in [1.29, 1.82) is 0 Å². The summed E-state index contributed by atoms with van der Waals surface area (Å²) >= 11 is 14.0. The number of methoxy groups -OCH3 is 1. The molecule has 0 unspecified atom stereocenters. The molecular weight excluding hydrogens is 608 g/mol. The normalized spacial score (nSPS) is 10.6. The Bertz CT molecular complexity index is 1300. The summed E-state index contributed by atoms with van der Waals surface area (Å²) in [6.07, 6.45) is 1.38. The fourth-order valence-electron chi connectivity index (χ4n) is 2.78. The summed E-state index contributed by atoms with van der Waals surface area (Å²) in [7, 11) is 1.42. The first kappa shape index (κ1) is 26.5. The predicted octanol–water partition coefficient (Wildman–Crippen LogP) is 4.71. The standard InChI is InChI=1S/C24H18Cl2IN3O5/c1-34-21-10-14(6-9-20(21)35-24(33)16-8-7-15(25)11-18(16)26)12-29-30-22(31)13-28-23(32)17-4-2-3-5-19(17)27/h2-12H,13H2,1H3,(H,28,32)(H,30,31). The number of rotatable bonds is 8. The van der Waals surface area contributed by atoms with E-state index in [1.54, 1.807) is 30.3 Å². The molecule has 35 heavy (non-hydrogen) atoms. The van der Waals surface area contributed by atoms with Crippen molar-refractivity contribution in [3.8, 4) is 11.5 Å². The van der Waals surface area contributed by atoms with Crippen LogP contribution in [0.4, 0.5) is 0 Å². The number of amides is 2. The van der Waals surface area contributed by atoms with E-state index >= 15 is 0 Å². The lowest BCUT2D eigenvalue weighted by Gasteiger charge is -2.10. The summed E-state index contributed by atoms with van der Waals surface area (Å²) in [5.74, 6) is -1.10. The lowest BCUT2D eigenvalue weighted by Crippen LogP contribution is -2.35. The van der Waals surface area contributed by atoms with Crippen molar-refractivity contribution in [3.05, 3.63) is 91.0 Å². The third-order valence-corrected chi connectivity index (χ3v) is 5.96. The minimum Gasteiger partial charge on any atom is -0.493 e. The number of carbonyl (C=O) groups excluding carboxylic acids is 3. The van der Waals surface area contributed by atoms with E-state index in [1.807, 2.05) is 28.7 Å². The number of halogens is 3. The monoisotopic (exact) mass is 625 g/mol. The Kier molecular flexibility index (Phi) is 9.47. The highest BCUT2D eigenvalue weighted by atomic mass is 127. The van der Waals surface area contributed by atoms with E-state index in [0.717, 1.165) is 3.57 Å². The molecule has 0 fully saturated rings. The van der Waals surface area contributed by atoms with Gasteiger partial charge in [0.25, 0.3) is 11.8 Å². The average molecular weight is 626 g/mol. The third kappa shape index (κ3) is 7.41. The number of esters is 1. The second kappa shape index (κ2) is 12.5. The fraction of sp³-hybridized carbons (Fsp3) is 0.0833. The summed E-state index contributed by atoms with van der Waals surface area (Å²) in [5, 5.41) is 6.97. The van der Waals surface area contributed by atoms with Crippen molar-refractivity contribution in [2.24, 2.45) is 5.10 Å². The second-order valence-electron chi connectivity index (χ2n) is 6.88. The van der Waals surface area contributed by atoms with Crippen LogP contribution in [-0.2, 0) is 4.79 Å². The van der Waals surface area contributed by atoms with Gasteiger partial charge in [-0.2, -0.15) is 5.10 Å². The third-order valence-electron chi connectivity index (χ3n) is 4.47. The summed E-state index contributed by atoms with van der Waals surface area (Å²) in [5.41, 5.74) is 3.53. The van der Waals surface area contributed by atoms with Crippen LogP contribution in [0, 0.1) is 3.57 Å². The Labute approximate surface area is 224 Å². The molecule has 180 valence electrons. The zero-order valence-corrected chi connectivity index (χ0v) is 21.8. The SMILES string of the molecule is COc1cc(C=NNC(=O)CNC(=O)c2ccccc2I)ccc1OC(=O)c1ccc(Cl)cc1Cl. The number of hydrazone groups is 1. The maximum absolute atomic E-state index is 12.5. The van der Waals surface area contributed by atoms with Gasteiger partial charge < -0.3 is 14.8 Å². The Morgan fingerprint density at radius 1 is 1.00 bits per heavy atom. The molecule has 0 aliphatic rings. The summed E-state index contributed by atoms with van der Waals surface area (Å²) in [6, 6.07) is 16.2. The highest BCUT2D eigenvalue weighted by Crippen LogP contribution is 2.30. The molecule has 0 bridgehead atoms. The van der Waals surface area contributed by atoms with E-state index in [0.29, 0.717) is 16.1 Å². The Balaban J connectivity index is 1.57. The molecule has 3 rings (SSSR count). The second-order valence-corrected chi connectivity index (χ2v) is 8.89. The van der Waals surface area contributed by atoms with Gasteiger partial charge in [0, 0.05) is 8.59 Å². The van der Waals surface area contributed by atoms with E-state index in [9.17, 15) is 14.4 Å². The number of hydrogen-bond donors (Lipinski definition) is 2. The minimum absolute atomic E-state index is 0.153. The highest BCUT2D eigenvalue weighted by molar-refractivity contribution is 14.1. The first-order valence-electron chi connectivity index (χ1n) is 9.98. The van der Waals surface area contributed by atoms with E-state index in [4.69, 9.17) is 32.7 Å². The van der Waals surface area contributed by atoms with Crippen molar-refractivity contribution in [2.45, 2.75) is 0 Å². The molecule has 8 nitrogen and oxygen atoms in total. The summed E-state index contributed by atoms with van der Waals surface area (Å²) < 4.78 is 11.5. The van der Waals surface area contributed by atoms with E-state index in [-0.39, 0.29) is 34.5 Å². The number of hydrogen-bond acceptors (Lipinski definition) is 6. The number of nitrogens with zero attached hydrogens (tertiary/aromatic N) is 1. The number of benzene rings is 3. The molecule has 2 amide bonds. The van der Waals surface area contributed by atoms with Gasteiger partial charge in [0.15, 0.2) is 11.5 Å². The maximum atomic E-state index is 12.5. The molecule has 2 N–H and O–H groups in total. The topological polar surface area (TPSA) is 106 Å². The van der Waals surface area contributed by atoms with Gasteiger partial charge in [-0.15, -0.1) is 0 Å².